The Kier molecular flexibility index (Phi) is 3.49. The number of nitrogens with zero attached hydrogens (tertiary/aromatic N) is 5. The van der Waals surface area contributed by atoms with Crippen molar-refractivity contribution < 1.29 is 14.9 Å². The number of aromatic nitrogens is 4. The minimum absolute atomic E-state index is 0.180. The van der Waals surface area contributed by atoms with Crippen LogP contribution in [0.1, 0.15) is 6.23 Å². The van der Waals surface area contributed by atoms with Gasteiger partial charge in [-0.15, -0.1) is 0 Å². The SMILES string of the molecule is CN(C)[C@H]1[C@@H](O)[C@H](n2cnc3c(N)ncnc32)O[C@@H]1CO. The quantitative estimate of drug-likeness (QED) is 0.631. The largest absolute Gasteiger partial charge is 0.394 e. The fourth-order valence-electron chi connectivity index (χ4n) is 2.80. The first kappa shape index (κ1) is 14.1. The molecule has 1 fully saturated rings. The molecule has 2 aromatic heterocycles. The van der Waals surface area contributed by atoms with Crippen molar-refractivity contribution in [2.75, 3.05) is 26.4 Å². The van der Waals surface area contributed by atoms with Gasteiger partial charge in [-0.25, -0.2) is 15.0 Å². The first-order valence-electron chi connectivity index (χ1n) is 6.58. The highest BCUT2D eigenvalue weighted by Crippen LogP contribution is 2.33. The van der Waals surface area contributed by atoms with Crippen LogP contribution in [-0.2, 0) is 4.74 Å². The van der Waals surface area contributed by atoms with Gasteiger partial charge in [0, 0.05) is 0 Å². The zero-order valence-corrected chi connectivity index (χ0v) is 11.8. The second-order valence-electron chi connectivity index (χ2n) is 5.28. The third-order valence-corrected chi connectivity index (χ3v) is 3.77. The molecule has 4 atom stereocenters. The first-order valence-corrected chi connectivity index (χ1v) is 6.58. The summed E-state index contributed by atoms with van der Waals surface area (Å²) >= 11 is 0. The summed E-state index contributed by atoms with van der Waals surface area (Å²) < 4.78 is 7.38. The molecule has 0 saturated carbocycles. The molecule has 1 aliphatic heterocycles. The van der Waals surface area contributed by atoms with Crippen LogP contribution in [0.15, 0.2) is 12.7 Å². The van der Waals surface area contributed by atoms with E-state index in [2.05, 4.69) is 15.0 Å². The summed E-state index contributed by atoms with van der Waals surface area (Å²) in [6, 6.07) is -0.323. The van der Waals surface area contributed by atoms with Crippen LogP contribution in [0.2, 0.25) is 0 Å². The smallest absolute Gasteiger partial charge is 0.167 e. The standard InChI is InChI=1S/C12H18N6O3/c1-17(2)8-6(3-19)21-12(9(8)20)18-5-16-7-10(13)14-4-15-11(7)18/h4-6,8-9,12,19-20H,3H2,1-2H3,(H2,13,14,15)/t6-,8-,9-,12-/m1/s1. The number of ether oxygens (including phenoxy) is 1. The lowest BCUT2D eigenvalue weighted by Gasteiger charge is -2.25. The van der Waals surface area contributed by atoms with E-state index in [0.717, 1.165) is 0 Å². The van der Waals surface area contributed by atoms with Crippen LogP contribution in [0, 0.1) is 0 Å². The van der Waals surface area contributed by atoms with Crippen LogP contribution in [0.3, 0.4) is 0 Å². The molecule has 0 bridgehead atoms. The van der Waals surface area contributed by atoms with Gasteiger partial charge >= 0.3 is 0 Å². The summed E-state index contributed by atoms with van der Waals surface area (Å²) in [5.74, 6) is 0.272. The molecule has 0 aliphatic carbocycles. The molecule has 2 aromatic rings. The minimum atomic E-state index is -0.828. The van der Waals surface area contributed by atoms with Gasteiger partial charge in [-0.2, -0.15) is 0 Å². The van der Waals surface area contributed by atoms with E-state index in [1.165, 1.54) is 12.7 Å². The molecule has 9 heteroatoms. The predicted octanol–water partition coefficient (Wildman–Crippen LogP) is -1.41. The fraction of sp³-hybridized carbons (Fsp3) is 0.583. The Balaban J connectivity index is 2.01. The van der Waals surface area contributed by atoms with Crippen molar-refractivity contribution in [1.29, 1.82) is 0 Å². The van der Waals surface area contributed by atoms with Gasteiger partial charge < -0.3 is 25.6 Å². The topological polar surface area (TPSA) is 123 Å². The van der Waals surface area contributed by atoms with E-state index < -0.39 is 18.4 Å². The Morgan fingerprint density at radius 1 is 1.38 bits per heavy atom. The second kappa shape index (κ2) is 5.19. The van der Waals surface area contributed by atoms with E-state index in [1.54, 1.807) is 4.57 Å². The van der Waals surface area contributed by atoms with Gasteiger partial charge in [0.25, 0.3) is 0 Å². The van der Waals surface area contributed by atoms with Gasteiger partial charge in [0.05, 0.1) is 19.0 Å². The number of anilines is 1. The van der Waals surface area contributed by atoms with Crippen molar-refractivity contribution in [3.63, 3.8) is 0 Å². The van der Waals surface area contributed by atoms with Crippen molar-refractivity contribution in [2.45, 2.75) is 24.5 Å². The van der Waals surface area contributed by atoms with Crippen molar-refractivity contribution in [2.24, 2.45) is 0 Å². The Morgan fingerprint density at radius 3 is 2.76 bits per heavy atom. The number of fused-ring (bicyclic) bond motifs is 1. The molecule has 21 heavy (non-hydrogen) atoms. The van der Waals surface area contributed by atoms with Gasteiger partial charge in [0.15, 0.2) is 17.7 Å². The summed E-state index contributed by atoms with van der Waals surface area (Å²) in [7, 11) is 3.66. The maximum absolute atomic E-state index is 10.5. The van der Waals surface area contributed by atoms with Crippen molar-refractivity contribution >= 4 is 17.0 Å². The minimum Gasteiger partial charge on any atom is -0.394 e. The van der Waals surface area contributed by atoms with Gasteiger partial charge in [-0.05, 0) is 14.1 Å². The number of nitrogen functional groups attached to an aromatic ring is 1. The predicted molar refractivity (Wildman–Crippen MR) is 74.2 cm³/mol. The zero-order valence-electron chi connectivity index (χ0n) is 11.8. The lowest BCUT2D eigenvalue weighted by atomic mass is 10.1. The highest BCUT2D eigenvalue weighted by molar-refractivity contribution is 5.81. The number of rotatable bonds is 3. The van der Waals surface area contributed by atoms with Gasteiger partial charge in [0.2, 0.25) is 0 Å². The molecule has 1 saturated heterocycles. The van der Waals surface area contributed by atoms with Gasteiger partial charge in [-0.1, -0.05) is 0 Å². The maximum Gasteiger partial charge on any atom is 0.167 e. The zero-order chi connectivity index (χ0) is 15.1. The maximum atomic E-state index is 10.5. The second-order valence-corrected chi connectivity index (χ2v) is 5.28. The van der Waals surface area contributed by atoms with Gasteiger partial charge in [-0.3, -0.25) is 4.57 Å². The summed E-state index contributed by atoms with van der Waals surface area (Å²) in [6.45, 7) is -0.180. The van der Waals surface area contributed by atoms with Crippen LogP contribution in [0.5, 0.6) is 0 Å². The summed E-state index contributed by atoms with van der Waals surface area (Å²) in [6.07, 6.45) is 0.844. The third kappa shape index (κ3) is 2.14. The van der Waals surface area contributed by atoms with Crippen molar-refractivity contribution in [1.82, 2.24) is 24.4 Å². The molecule has 0 unspecified atom stereocenters. The normalized spacial score (nSPS) is 29.6. The fourth-order valence-corrected chi connectivity index (χ4v) is 2.80. The molecule has 4 N–H and O–H groups in total. The summed E-state index contributed by atoms with van der Waals surface area (Å²) in [4.78, 5) is 14.0. The van der Waals surface area contributed by atoms with Crippen LogP contribution in [0.4, 0.5) is 5.82 Å². The van der Waals surface area contributed by atoms with Crippen LogP contribution < -0.4 is 5.73 Å². The first-order chi connectivity index (χ1) is 10.0. The molecular formula is C12H18N6O3. The van der Waals surface area contributed by atoms with E-state index in [0.29, 0.717) is 11.2 Å². The summed E-state index contributed by atoms with van der Waals surface area (Å²) in [5, 5.41) is 20.0. The molecule has 0 radical (unpaired) electrons. The lowest BCUT2D eigenvalue weighted by Crippen LogP contribution is -2.44. The monoisotopic (exact) mass is 294 g/mol. The molecule has 3 rings (SSSR count). The number of hydrogen-bond donors (Lipinski definition) is 3. The number of likely N-dealkylation sites (N-methyl/N-ethyl adjacent to an activating group) is 1. The molecule has 9 nitrogen and oxygen atoms in total. The summed E-state index contributed by atoms with van der Waals surface area (Å²) in [5.41, 5.74) is 6.70. The Bertz CT molecular complexity index is 645. The molecule has 0 amide bonds. The van der Waals surface area contributed by atoms with Crippen molar-refractivity contribution in [3.05, 3.63) is 12.7 Å². The van der Waals surface area contributed by atoms with E-state index in [9.17, 15) is 10.2 Å². The number of aliphatic hydroxyl groups excluding tert-OH is 2. The highest BCUT2D eigenvalue weighted by Gasteiger charge is 2.45. The molecule has 0 spiro atoms. The number of aliphatic hydroxyl groups is 2. The number of imidazole rings is 1. The van der Waals surface area contributed by atoms with Crippen molar-refractivity contribution in [3.8, 4) is 0 Å². The third-order valence-electron chi connectivity index (χ3n) is 3.77. The van der Waals surface area contributed by atoms with Gasteiger partial charge in [0.1, 0.15) is 24.1 Å². The highest BCUT2D eigenvalue weighted by atomic mass is 16.5. The Labute approximate surface area is 121 Å². The van der Waals surface area contributed by atoms with Crippen LogP contribution in [-0.4, -0.2) is 73.6 Å². The Hall–Kier alpha value is -1.81. The average molecular weight is 294 g/mol. The lowest BCUT2D eigenvalue weighted by molar-refractivity contribution is -0.0495. The van der Waals surface area contributed by atoms with E-state index in [-0.39, 0.29) is 18.5 Å². The Morgan fingerprint density at radius 2 is 2.14 bits per heavy atom. The molecule has 0 aromatic carbocycles. The van der Waals surface area contributed by atoms with E-state index >= 15 is 0 Å². The number of hydrogen-bond acceptors (Lipinski definition) is 8. The van der Waals surface area contributed by atoms with Crippen LogP contribution >= 0.6 is 0 Å². The molecular weight excluding hydrogens is 276 g/mol. The van der Waals surface area contributed by atoms with E-state index in [1.807, 2.05) is 19.0 Å². The number of nitrogens with two attached hydrogens (primary N) is 1. The average Bonchev–Trinajstić information content (AvgIpc) is 3.00. The van der Waals surface area contributed by atoms with E-state index in [4.69, 9.17) is 10.5 Å². The molecule has 114 valence electrons. The molecule has 1 aliphatic rings. The van der Waals surface area contributed by atoms with Crippen LogP contribution in [0.25, 0.3) is 11.2 Å². The molecule has 3 heterocycles.